The maximum Gasteiger partial charge on any atom is 0.297 e. The molecule has 1 aromatic carbocycles. The lowest BCUT2D eigenvalue weighted by Crippen LogP contribution is -2.34. The molecule has 0 spiro atoms. The maximum absolute atomic E-state index is 14.5. The Balaban J connectivity index is 1.62. The van der Waals surface area contributed by atoms with Gasteiger partial charge in [-0.25, -0.2) is 13.2 Å². The first-order valence-corrected chi connectivity index (χ1v) is 10.8. The van der Waals surface area contributed by atoms with E-state index in [0.29, 0.717) is 13.0 Å². The highest BCUT2D eigenvalue weighted by Crippen LogP contribution is 2.37. The SMILES string of the molecule is C[C@@H](CC[C@@H]1CC[C@@H](Oc2nc3c(F)cc(OCC(F)F)c(Cl)c3n2C)CO1)CC(N)=O. The van der Waals surface area contributed by atoms with Crippen LogP contribution in [0.15, 0.2) is 6.07 Å². The molecular formula is C21H27ClF3N3O4. The fourth-order valence-corrected chi connectivity index (χ4v) is 4.12. The number of primary amides is 1. The van der Waals surface area contributed by atoms with Gasteiger partial charge >= 0.3 is 0 Å². The summed E-state index contributed by atoms with van der Waals surface area (Å²) in [6.45, 7) is 1.43. The van der Waals surface area contributed by atoms with Crippen molar-refractivity contribution < 1.29 is 32.2 Å². The van der Waals surface area contributed by atoms with Crippen LogP contribution in [0.5, 0.6) is 11.8 Å². The van der Waals surface area contributed by atoms with E-state index in [1.165, 1.54) is 4.57 Å². The molecule has 1 aromatic heterocycles. The molecule has 1 aliphatic rings. The second-order valence-corrected chi connectivity index (χ2v) is 8.53. The van der Waals surface area contributed by atoms with Crippen LogP contribution in [-0.4, -0.2) is 47.3 Å². The van der Waals surface area contributed by atoms with Crippen LogP contribution in [0.3, 0.4) is 0 Å². The lowest BCUT2D eigenvalue weighted by molar-refractivity contribution is -0.118. The summed E-state index contributed by atoms with van der Waals surface area (Å²) in [4.78, 5) is 15.2. The average Bonchev–Trinajstić information content (AvgIpc) is 3.05. The molecule has 2 N–H and O–H groups in total. The number of benzene rings is 1. The van der Waals surface area contributed by atoms with Crippen molar-refractivity contribution in [2.24, 2.45) is 18.7 Å². The third-order valence-corrected chi connectivity index (χ3v) is 5.82. The van der Waals surface area contributed by atoms with Gasteiger partial charge in [0.15, 0.2) is 5.82 Å². The van der Waals surface area contributed by atoms with Crippen LogP contribution in [0.2, 0.25) is 5.02 Å². The summed E-state index contributed by atoms with van der Waals surface area (Å²) >= 11 is 6.26. The van der Waals surface area contributed by atoms with Crippen molar-refractivity contribution >= 4 is 28.5 Å². The van der Waals surface area contributed by atoms with Gasteiger partial charge in [-0.05, 0) is 31.6 Å². The Morgan fingerprint density at radius 3 is 2.81 bits per heavy atom. The number of ether oxygens (including phenoxy) is 3. The van der Waals surface area contributed by atoms with Crippen LogP contribution in [-0.2, 0) is 16.6 Å². The Kier molecular flexibility index (Phi) is 8.10. The lowest BCUT2D eigenvalue weighted by atomic mass is 9.96. The van der Waals surface area contributed by atoms with Crippen molar-refractivity contribution in [2.75, 3.05) is 13.2 Å². The van der Waals surface area contributed by atoms with E-state index in [1.54, 1.807) is 7.05 Å². The normalized spacial score (nSPS) is 20.0. The van der Waals surface area contributed by atoms with E-state index in [1.807, 2.05) is 6.92 Å². The molecule has 1 saturated heterocycles. The molecule has 0 saturated carbocycles. The molecule has 1 fully saturated rings. The van der Waals surface area contributed by atoms with Crippen molar-refractivity contribution in [1.29, 1.82) is 0 Å². The van der Waals surface area contributed by atoms with Crippen LogP contribution < -0.4 is 15.2 Å². The van der Waals surface area contributed by atoms with Gasteiger partial charge in [0.1, 0.15) is 29.0 Å². The zero-order chi connectivity index (χ0) is 23.4. The van der Waals surface area contributed by atoms with Gasteiger partial charge in [-0.15, -0.1) is 0 Å². The molecule has 3 rings (SSSR count). The van der Waals surface area contributed by atoms with Crippen molar-refractivity contribution in [1.82, 2.24) is 9.55 Å². The summed E-state index contributed by atoms with van der Waals surface area (Å²) in [5, 5.41) is -0.0167. The Labute approximate surface area is 188 Å². The summed E-state index contributed by atoms with van der Waals surface area (Å²) in [7, 11) is 1.60. The van der Waals surface area contributed by atoms with Crippen LogP contribution in [0.25, 0.3) is 11.0 Å². The number of carbonyl (C=O) groups is 1. The fourth-order valence-electron chi connectivity index (χ4n) is 3.79. The van der Waals surface area contributed by atoms with Gasteiger partial charge in [-0.2, -0.15) is 4.98 Å². The third-order valence-electron chi connectivity index (χ3n) is 5.46. The van der Waals surface area contributed by atoms with Crippen molar-refractivity contribution in [2.45, 2.75) is 57.7 Å². The Hall–Kier alpha value is -2.20. The number of nitrogens with zero attached hydrogens (tertiary/aromatic N) is 2. The Morgan fingerprint density at radius 1 is 1.44 bits per heavy atom. The first kappa shape index (κ1) is 24.4. The third kappa shape index (κ3) is 5.98. The number of nitrogens with two attached hydrogens (primary N) is 1. The topological polar surface area (TPSA) is 88.6 Å². The highest BCUT2D eigenvalue weighted by atomic mass is 35.5. The summed E-state index contributed by atoms with van der Waals surface area (Å²) in [6.07, 6.45) is 0.618. The molecule has 0 aliphatic carbocycles. The van der Waals surface area contributed by atoms with Gasteiger partial charge < -0.3 is 19.9 Å². The van der Waals surface area contributed by atoms with E-state index in [4.69, 9.17) is 31.5 Å². The summed E-state index contributed by atoms with van der Waals surface area (Å²) in [6, 6.07) is 1.09. The number of amides is 1. The zero-order valence-electron chi connectivity index (χ0n) is 18.0. The van der Waals surface area contributed by atoms with E-state index in [0.717, 1.165) is 31.7 Å². The van der Waals surface area contributed by atoms with Crippen molar-refractivity contribution in [3.05, 3.63) is 16.9 Å². The largest absolute Gasteiger partial charge is 0.486 e. The highest BCUT2D eigenvalue weighted by Gasteiger charge is 2.27. The number of hydrogen-bond acceptors (Lipinski definition) is 5. The van der Waals surface area contributed by atoms with Gasteiger partial charge in [0.25, 0.3) is 12.4 Å². The number of aromatic nitrogens is 2. The van der Waals surface area contributed by atoms with Gasteiger partial charge in [-0.3, -0.25) is 9.36 Å². The number of hydrogen-bond donors (Lipinski definition) is 1. The van der Waals surface area contributed by atoms with Crippen LogP contribution in [0.4, 0.5) is 13.2 Å². The number of imidazole rings is 1. The summed E-state index contributed by atoms with van der Waals surface area (Å²) in [5.74, 6) is -1.02. The number of rotatable bonds is 10. The summed E-state index contributed by atoms with van der Waals surface area (Å²) in [5.41, 5.74) is 5.39. The first-order valence-electron chi connectivity index (χ1n) is 10.5. The number of fused-ring (bicyclic) bond motifs is 1. The van der Waals surface area contributed by atoms with Crippen LogP contribution >= 0.6 is 11.6 Å². The Bertz CT molecular complexity index is 948. The van der Waals surface area contributed by atoms with Crippen molar-refractivity contribution in [3.8, 4) is 11.8 Å². The van der Waals surface area contributed by atoms with Crippen LogP contribution in [0, 0.1) is 11.7 Å². The molecule has 0 bridgehead atoms. The summed E-state index contributed by atoms with van der Waals surface area (Å²) < 4.78 is 57.6. The quantitative estimate of drug-likeness (QED) is 0.553. The molecule has 0 radical (unpaired) electrons. The molecular weight excluding hydrogens is 451 g/mol. The molecule has 2 aromatic rings. The smallest absolute Gasteiger partial charge is 0.297 e. The minimum absolute atomic E-state index is 0.0167. The van der Waals surface area contributed by atoms with Gasteiger partial charge in [0.05, 0.1) is 18.2 Å². The van der Waals surface area contributed by atoms with Crippen LogP contribution in [0.1, 0.15) is 39.0 Å². The van der Waals surface area contributed by atoms with Gasteiger partial charge in [0, 0.05) is 19.5 Å². The number of halogens is 4. The number of carbonyl (C=O) groups excluding carboxylic acids is 1. The predicted molar refractivity (Wildman–Crippen MR) is 113 cm³/mol. The molecule has 1 amide bonds. The second-order valence-electron chi connectivity index (χ2n) is 8.15. The van der Waals surface area contributed by atoms with E-state index in [-0.39, 0.29) is 51.8 Å². The van der Waals surface area contributed by atoms with E-state index in [9.17, 15) is 18.0 Å². The minimum Gasteiger partial charge on any atom is -0.486 e. The van der Waals surface area contributed by atoms with E-state index in [2.05, 4.69) is 4.98 Å². The molecule has 32 heavy (non-hydrogen) atoms. The minimum atomic E-state index is -2.71. The molecule has 1 aliphatic heterocycles. The number of alkyl halides is 2. The standard InChI is InChI=1S/C21H27ClF3N3O4/c1-11(7-17(26)29)3-4-12-5-6-13(9-30-12)32-21-27-19-14(23)8-15(31-10-16(24)25)18(22)20(19)28(21)2/h8,11-13,16H,3-7,9-10H2,1-2H3,(H2,26,29)/t11-,12+,13+/m0/s1. The first-order chi connectivity index (χ1) is 15.2. The van der Waals surface area contributed by atoms with Crippen molar-refractivity contribution in [3.63, 3.8) is 0 Å². The maximum atomic E-state index is 14.5. The zero-order valence-corrected chi connectivity index (χ0v) is 18.7. The molecule has 2 heterocycles. The average molecular weight is 478 g/mol. The number of aryl methyl sites for hydroxylation is 1. The van der Waals surface area contributed by atoms with Gasteiger partial charge in [0.2, 0.25) is 5.91 Å². The molecule has 3 atom stereocenters. The molecule has 178 valence electrons. The van der Waals surface area contributed by atoms with Gasteiger partial charge in [-0.1, -0.05) is 18.5 Å². The second kappa shape index (κ2) is 10.6. The fraction of sp³-hybridized carbons (Fsp3) is 0.619. The lowest BCUT2D eigenvalue weighted by Gasteiger charge is -2.29. The van der Waals surface area contributed by atoms with E-state index < -0.39 is 18.8 Å². The Morgan fingerprint density at radius 2 is 2.19 bits per heavy atom. The molecule has 0 unspecified atom stereocenters. The molecule has 11 heteroatoms. The molecule has 7 nitrogen and oxygen atoms in total. The monoisotopic (exact) mass is 477 g/mol. The highest BCUT2D eigenvalue weighted by molar-refractivity contribution is 6.36. The predicted octanol–water partition coefficient (Wildman–Crippen LogP) is 4.23. The van der Waals surface area contributed by atoms with E-state index >= 15 is 0 Å².